The summed E-state index contributed by atoms with van der Waals surface area (Å²) in [6.07, 6.45) is 2.04. The van der Waals surface area contributed by atoms with Gasteiger partial charge in [0.2, 0.25) is 0 Å². The van der Waals surface area contributed by atoms with Crippen LogP contribution in [0, 0.1) is 6.92 Å². The quantitative estimate of drug-likeness (QED) is 0.321. The summed E-state index contributed by atoms with van der Waals surface area (Å²) in [6.45, 7) is 3.36. The van der Waals surface area contributed by atoms with Gasteiger partial charge in [0.05, 0.1) is 4.88 Å². The molecule has 0 atom stereocenters. The van der Waals surface area contributed by atoms with Crippen LogP contribution >= 0.6 is 11.3 Å². The molecule has 5 heteroatoms. The molecule has 0 aliphatic heterocycles. The van der Waals surface area contributed by atoms with Gasteiger partial charge in [0.25, 0.3) is 0 Å². The Balaban J connectivity index is 1.54. The molecule has 1 N–H and O–H groups in total. The van der Waals surface area contributed by atoms with Gasteiger partial charge in [0.15, 0.2) is 11.4 Å². The second-order valence-electron chi connectivity index (χ2n) is 7.42. The van der Waals surface area contributed by atoms with E-state index in [-0.39, 0.29) is 0 Å². The van der Waals surface area contributed by atoms with E-state index in [1.165, 1.54) is 16.0 Å². The van der Waals surface area contributed by atoms with Crippen LogP contribution in [-0.4, -0.2) is 9.38 Å². The molecule has 3 aromatic heterocycles. The van der Waals surface area contributed by atoms with E-state index >= 15 is 0 Å². The molecule has 3 heterocycles. The number of benzene rings is 2. The van der Waals surface area contributed by atoms with E-state index in [1.807, 2.05) is 42.6 Å². The minimum absolute atomic E-state index is 0.507. The lowest BCUT2D eigenvalue weighted by atomic mass is 10.2. The van der Waals surface area contributed by atoms with E-state index in [4.69, 9.17) is 9.72 Å². The predicted molar refractivity (Wildman–Crippen MR) is 128 cm³/mol. The average molecular weight is 426 g/mol. The minimum atomic E-state index is 0.507. The number of thiophene rings is 1. The van der Waals surface area contributed by atoms with Crippen molar-refractivity contribution in [3.8, 4) is 16.3 Å². The number of pyridine rings is 1. The number of fused-ring (bicyclic) bond motifs is 1. The van der Waals surface area contributed by atoms with Gasteiger partial charge in [-0.3, -0.25) is 4.40 Å². The molecule has 0 spiro atoms. The molecule has 0 aliphatic rings. The molecule has 0 radical (unpaired) electrons. The summed E-state index contributed by atoms with van der Waals surface area (Å²) in [5, 5.41) is 5.73. The van der Waals surface area contributed by atoms with E-state index in [1.54, 1.807) is 11.3 Å². The van der Waals surface area contributed by atoms with Crippen LogP contribution < -0.4 is 10.1 Å². The van der Waals surface area contributed by atoms with E-state index in [2.05, 4.69) is 64.5 Å². The van der Waals surface area contributed by atoms with Crippen LogP contribution in [0.3, 0.4) is 0 Å². The molecule has 4 nitrogen and oxygen atoms in total. The molecular formula is C26H23N3OS. The largest absolute Gasteiger partial charge is 0.485 e. The maximum Gasteiger partial charge on any atom is 0.182 e. The molecule has 0 saturated carbocycles. The summed E-state index contributed by atoms with van der Waals surface area (Å²) in [6, 6.07) is 26.7. The Morgan fingerprint density at radius 3 is 2.35 bits per heavy atom. The molecule has 5 rings (SSSR count). The van der Waals surface area contributed by atoms with Crippen molar-refractivity contribution in [1.82, 2.24) is 9.38 Å². The number of imidazole rings is 1. The third-order valence-electron chi connectivity index (χ3n) is 5.23. The van der Waals surface area contributed by atoms with Crippen molar-refractivity contribution < 1.29 is 4.74 Å². The van der Waals surface area contributed by atoms with Crippen LogP contribution in [0.2, 0.25) is 0 Å². The lowest BCUT2D eigenvalue weighted by Gasteiger charge is -2.10. The number of aromatic nitrogens is 2. The summed E-state index contributed by atoms with van der Waals surface area (Å²) in [5.74, 6) is 1.75. The van der Waals surface area contributed by atoms with Crippen molar-refractivity contribution in [2.45, 2.75) is 20.1 Å². The second kappa shape index (κ2) is 8.66. The summed E-state index contributed by atoms with van der Waals surface area (Å²) >= 11 is 1.71. The Morgan fingerprint density at radius 2 is 1.65 bits per heavy atom. The highest BCUT2D eigenvalue weighted by molar-refractivity contribution is 7.13. The molecule has 0 amide bonds. The first-order valence-electron chi connectivity index (χ1n) is 10.3. The number of hydrogen-bond acceptors (Lipinski definition) is 4. The standard InChI is InChI=1S/C26H23N3OS/c1-19-14-16-31-24(19)23-26(27-17-20-9-4-2-5-10-20)29-15-8-13-22(25(29)28-23)30-18-21-11-6-3-7-12-21/h2-16,27H,17-18H2,1H3. The highest BCUT2D eigenvalue weighted by Crippen LogP contribution is 2.37. The normalized spacial score (nSPS) is 11.0. The molecule has 0 unspecified atom stereocenters. The molecule has 154 valence electrons. The predicted octanol–water partition coefficient (Wildman–Crippen LogP) is 6.56. The molecule has 31 heavy (non-hydrogen) atoms. The van der Waals surface area contributed by atoms with Crippen molar-refractivity contribution in [1.29, 1.82) is 0 Å². The SMILES string of the molecule is Cc1ccsc1-c1nc2c(OCc3ccccc3)cccn2c1NCc1ccccc1. The Kier molecular flexibility index (Phi) is 5.42. The summed E-state index contributed by atoms with van der Waals surface area (Å²) in [5.41, 5.74) is 5.36. The van der Waals surface area contributed by atoms with Gasteiger partial charge in [-0.05, 0) is 47.2 Å². The van der Waals surface area contributed by atoms with E-state index < -0.39 is 0 Å². The Labute approximate surface area is 185 Å². The summed E-state index contributed by atoms with van der Waals surface area (Å²) in [4.78, 5) is 6.20. The zero-order valence-electron chi connectivity index (χ0n) is 17.3. The minimum Gasteiger partial charge on any atom is -0.485 e. The third kappa shape index (κ3) is 4.05. The fraction of sp³-hybridized carbons (Fsp3) is 0.115. The molecule has 0 bridgehead atoms. The molecule has 0 fully saturated rings. The van der Waals surface area contributed by atoms with Crippen molar-refractivity contribution in [2.75, 3.05) is 5.32 Å². The Bertz CT molecular complexity index is 1290. The van der Waals surface area contributed by atoms with Crippen LogP contribution in [0.1, 0.15) is 16.7 Å². The van der Waals surface area contributed by atoms with Gasteiger partial charge in [0.1, 0.15) is 18.1 Å². The van der Waals surface area contributed by atoms with Crippen LogP contribution in [0.25, 0.3) is 16.2 Å². The number of ether oxygens (including phenoxy) is 1. The molecule has 5 aromatic rings. The topological polar surface area (TPSA) is 38.6 Å². The number of rotatable bonds is 7. The molecule has 0 saturated heterocycles. The van der Waals surface area contributed by atoms with Crippen molar-refractivity contribution in [3.05, 3.63) is 107 Å². The molecular weight excluding hydrogens is 402 g/mol. The second-order valence-corrected chi connectivity index (χ2v) is 8.34. The number of anilines is 1. The lowest BCUT2D eigenvalue weighted by Crippen LogP contribution is -2.03. The zero-order chi connectivity index (χ0) is 21.0. The van der Waals surface area contributed by atoms with Crippen molar-refractivity contribution in [2.24, 2.45) is 0 Å². The van der Waals surface area contributed by atoms with Gasteiger partial charge in [0, 0.05) is 12.7 Å². The third-order valence-corrected chi connectivity index (χ3v) is 6.25. The maximum absolute atomic E-state index is 6.18. The maximum atomic E-state index is 6.18. The number of nitrogens with one attached hydrogen (secondary N) is 1. The summed E-state index contributed by atoms with van der Waals surface area (Å²) < 4.78 is 8.27. The van der Waals surface area contributed by atoms with Gasteiger partial charge in [-0.15, -0.1) is 11.3 Å². The van der Waals surface area contributed by atoms with Gasteiger partial charge >= 0.3 is 0 Å². The fourth-order valence-corrected chi connectivity index (χ4v) is 4.53. The average Bonchev–Trinajstić information content (AvgIpc) is 3.40. The van der Waals surface area contributed by atoms with E-state index in [9.17, 15) is 0 Å². The lowest BCUT2D eigenvalue weighted by molar-refractivity contribution is 0.308. The number of hydrogen-bond donors (Lipinski definition) is 1. The van der Waals surface area contributed by atoms with Gasteiger partial charge in [-0.25, -0.2) is 4.98 Å². The molecule has 0 aliphatic carbocycles. The number of aryl methyl sites for hydroxylation is 1. The Morgan fingerprint density at radius 1 is 0.903 bits per heavy atom. The van der Waals surface area contributed by atoms with Gasteiger partial charge in [-0.1, -0.05) is 60.7 Å². The first-order valence-corrected chi connectivity index (χ1v) is 11.2. The zero-order valence-corrected chi connectivity index (χ0v) is 18.1. The fourth-order valence-electron chi connectivity index (χ4n) is 3.61. The van der Waals surface area contributed by atoms with Crippen LogP contribution in [-0.2, 0) is 13.2 Å². The van der Waals surface area contributed by atoms with Crippen molar-refractivity contribution in [3.63, 3.8) is 0 Å². The monoisotopic (exact) mass is 425 g/mol. The molecule has 2 aromatic carbocycles. The first-order chi connectivity index (χ1) is 15.3. The highest BCUT2D eigenvalue weighted by Gasteiger charge is 2.19. The van der Waals surface area contributed by atoms with Gasteiger partial charge < -0.3 is 10.1 Å². The van der Waals surface area contributed by atoms with Crippen LogP contribution in [0.5, 0.6) is 5.75 Å². The van der Waals surface area contributed by atoms with Crippen LogP contribution in [0.15, 0.2) is 90.4 Å². The van der Waals surface area contributed by atoms with E-state index in [0.29, 0.717) is 6.61 Å². The van der Waals surface area contributed by atoms with Crippen LogP contribution in [0.4, 0.5) is 5.82 Å². The van der Waals surface area contributed by atoms with E-state index in [0.717, 1.165) is 35.0 Å². The first kappa shape index (κ1) is 19.4. The summed E-state index contributed by atoms with van der Waals surface area (Å²) in [7, 11) is 0. The Hall–Kier alpha value is -3.57. The van der Waals surface area contributed by atoms with Crippen molar-refractivity contribution >= 4 is 22.8 Å². The number of nitrogens with zero attached hydrogens (tertiary/aromatic N) is 2. The van der Waals surface area contributed by atoms with Gasteiger partial charge in [-0.2, -0.15) is 0 Å². The smallest absolute Gasteiger partial charge is 0.182 e. The highest BCUT2D eigenvalue weighted by atomic mass is 32.1.